The normalized spacial score (nSPS) is 10.3. The van der Waals surface area contributed by atoms with Gasteiger partial charge in [-0.25, -0.2) is 0 Å². The molecule has 17 heteroatoms. The number of benzene rings is 3. The van der Waals surface area contributed by atoms with Gasteiger partial charge in [-0.3, -0.25) is 14.4 Å². The summed E-state index contributed by atoms with van der Waals surface area (Å²) in [5, 5.41) is 59.0. The Kier molecular flexibility index (Phi) is 73.9. The zero-order chi connectivity index (χ0) is 63.5. The van der Waals surface area contributed by atoms with Crippen molar-refractivity contribution in [3.05, 3.63) is 106 Å². The molecule has 0 aromatic heterocycles. The molecule has 0 amide bonds. The van der Waals surface area contributed by atoms with Gasteiger partial charge in [-0.05, 0) is 74.5 Å². The van der Waals surface area contributed by atoms with Gasteiger partial charge >= 0.3 is 52.6 Å². The van der Waals surface area contributed by atoms with Crippen LogP contribution in [0.3, 0.4) is 0 Å². The molecule has 6 N–H and O–H groups in total. The fourth-order valence-electron chi connectivity index (χ4n) is 11.5. The molecule has 0 radical (unpaired) electrons. The summed E-state index contributed by atoms with van der Waals surface area (Å²) >= 11 is 0. The molecule has 3 aromatic carbocycles. The van der Waals surface area contributed by atoms with E-state index in [0.29, 0.717) is 36.0 Å². The predicted molar refractivity (Wildman–Crippen MR) is 365 cm³/mol. The van der Waals surface area contributed by atoms with Crippen molar-refractivity contribution < 1.29 is 75.8 Å². The van der Waals surface area contributed by atoms with E-state index in [0.717, 1.165) is 113 Å². The third kappa shape index (κ3) is 60.4. The van der Waals surface area contributed by atoms with E-state index >= 15 is 0 Å². The summed E-state index contributed by atoms with van der Waals surface area (Å²) in [6, 6.07) is 21.5. The number of carbonyl (C=O) groups excluding carboxylic acids is 3. The molecule has 3 aromatic rings. The molecule has 92 heavy (non-hydrogen) atoms. The van der Waals surface area contributed by atoms with Crippen molar-refractivity contribution in [2.45, 2.75) is 327 Å². The first kappa shape index (κ1) is 96.1. The Hall–Kier alpha value is -4.58. The van der Waals surface area contributed by atoms with E-state index in [4.69, 9.17) is 15.3 Å². The largest absolute Gasteiger partial charge is 3.00 e. The maximum atomic E-state index is 11.1. The zero-order valence-corrected chi connectivity index (χ0v) is 58.8. The number of unbranched alkanes of at least 4 members (excludes halogenated alkanes) is 42. The molecule has 0 aliphatic heterocycles. The van der Waals surface area contributed by atoms with Crippen molar-refractivity contribution in [1.29, 1.82) is 0 Å². The van der Waals surface area contributed by atoms with Gasteiger partial charge in [0.15, 0.2) is 0 Å². The van der Waals surface area contributed by atoms with Gasteiger partial charge in [-0.2, -0.15) is 0 Å². The van der Waals surface area contributed by atoms with Crippen molar-refractivity contribution in [1.82, 2.24) is 0 Å². The van der Waals surface area contributed by atoms with Gasteiger partial charge < -0.3 is 61.5 Å². The van der Waals surface area contributed by atoms with Gasteiger partial charge in [0.2, 0.25) is 0 Å². The molecule has 3 rings (SSSR count). The van der Waals surface area contributed by atoms with Crippen LogP contribution in [-0.4, -0.2) is 102 Å². The van der Waals surface area contributed by atoms with Crippen LogP contribution in [0, 0.1) is 0 Å². The van der Waals surface area contributed by atoms with Gasteiger partial charge in [0.25, 0.3) is 0 Å². The van der Waals surface area contributed by atoms with Crippen LogP contribution in [0.4, 0.5) is 0 Å². The average molecular weight is 1320 g/mol. The molecule has 0 saturated heterocycles. The first-order valence-corrected chi connectivity index (χ1v) is 34.9. The number of aromatic carboxylic acids is 3. The molecular formula is C75H120Al2O15. The van der Waals surface area contributed by atoms with Crippen molar-refractivity contribution in [3.8, 4) is 0 Å². The van der Waals surface area contributed by atoms with E-state index in [1.807, 2.05) is 36.4 Å². The van der Waals surface area contributed by atoms with Crippen LogP contribution in [0.5, 0.6) is 0 Å². The number of rotatable bonds is 57. The summed E-state index contributed by atoms with van der Waals surface area (Å²) in [6.07, 6.45) is 58.1. The Morgan fingerprint density at radius 1 is 0.228 bits per heavy atom. The van der Waals surface area contributed by atoms with Crippen molar-refractivity contribution in [2.75, 3.05) is 0 Å². The quantitative estimate of drug-likeness (QED) is 0.0349. The van der Waals surface area contributed by atoms with Crippen LogP contribution in [-0.2, 0) is 33.6 Å². The fourth-order valence-corrected chi connectivity index (χ4v) is 11.5. The molecule has 516 valence electrons. The Morgan fingerprint density at radius 3 is 0.500 bits per heavy atom. The van der Waals surface area contributed by atoms with Crippen LogP contribution in [0.25, 0.3) is 0 Å². The van der Waals surface area contributed by atoms with Crippen LogP contribution in [0.1, 0.15) is 356 Å². The summed E-state index contributed by atoms with van der Waals surface area (Å²) in [7, 11) is 0. The maximum absolute atomic E-state index is 11.1. The second kappa shape index (κ2) is 70.7. The first-order valence-electron chi connectivity index (χ1n) is 34.9. The third-order valence-electron chi connectivity index (χ3n) is 16.7. The van der Waals surface area contributed by atoms with Crippen LogP contribution < -0.4 is 15.3 Å². The monoisotopic (exact) mass is 1310 g/mol. The zero-order valence-electron chi connectivity index (χ0n) is 56.5. The Morgan fingerprint density at radius 2 is 0.359 bits per heavy atom. The van der Waals surface area contributed by atoms with Gasteiger partial charge in [0.05, 0.1) is 17.9 Å². The summed E-state index contributed by atoms with van der Waals surface area (Å²) in [5.74, 6) is -5.25. The van der Waals surface area contributed by atoms with Crippen molar-refractivity contribution in [3.63, 3.8) is 0 Å². The molecule has 0 aliphatic rings. The van der Waals surface area contributed by atoms with E-state index in [-0.39, 0.29) is 51.2 Å². The SMILES string of the molecule is O=C(O)CCCCCCCCCCCCCCCCCc1ccccc1C(=O)[O-].O=C(O)CCCCCCCCCCCCCCCCCc1ccccc1C(=O)[O-].O=C(O)CCCCCCCCCCCCCCCCCc1ccccc1C(=O)[O-].[Al+3].[Al+3].[OH-].[OH-].[OH-]. The van der Waals surface area contributed by atoms with Crippen LogP contribution in [0.15, 0.2) is 72.8 Å². The van der Waals surface area contributed by atoms with Crippen LogP contribution >= 0.6 is 0 Å². The van der Waals surface area contributed by atoms with Gasteiger partial charge in [0, 0.05) is 36.0 Å². The van der Waals surface area contributed by atoms with Crippen molar-refractivity contribution >= 4 is 70.5 Å². The summed E-state index contributed by atoms with van der Waals surface area (Å²) in [6.45, 7) is 0. The number of hydrogen-bond acceptors (Lipinski definition) is 12. The third-order valence-corrected chi connectivity index (χ3v) is 16.7. The second-order valence-electron chi connectivity index (χ2n) is 24.4. The number of aryl methyl sites for hydroxylation is 3. The minimum absolute atomic E-state index is 0. The van der Waals surface area contributed by atoms with Gasteiger partial charge in [-0.1, -0.05) is 323 Å². The predicted octanol–water partition coefficient (Wildman–Crippen LogP) is 16.5. The standard InChI is InChI=1S/3C25H40O4.2Al.3H2O/c3*26-24(27)21-15-13-11-9-7-5-3-1-2-4-6-8-10-12-14-18-22-19-16-17-20-23(22)25(28)29;;;;;/h3*16-17,19-20H,1-15,18,21H2,(H,26,27)(H,28,29);;;3*1H2/q;;;2*+3;;;/p-6. The Bertz CT molecular complexity index is 1970. The minimum Gasteiger partial charge on any atom is -0.870 e. The molecule has 0 atom stereocenters. The second-order valence-corrected chi connectivity index (χ2v) is 24.4. The number of carboxylic acid groups (broad SMARTS) is 6. The van der Waals surface area contributed by atoms with Gasteiger partial charge in [0.1, 0.15) is 0 Å². The minimum atomic E-state index is -1.07. The maximum Gasteiger partial charge on any atom is 3.00 e. The average Bonchev–Trinajstić information content (AvgIpc) is 2.36. The number of carbonyl (C=O) groups is 6. The van der Waals surface area contributed by atoms with E-state index in [9.17, 15) is 44.1 Å². The molecule has 0 spiro atoms. The number of hydrogen-bond donors (Lipinski definition) is 3. The Balaban J connectivity index is -0.000000400. The summed E-state index contributed by atoms with van der Waals surface area (Å²) < 4.78 is 0. The number of aliphatic carboxylic acids is 3. The van der Waals surface area contributed by atoms with Gasteiger partial charge in [-0.15, -0.1) is 0 Å². The van der Waals surface area contributed by atoms with Crippen molar-refractivity contribution in [2.24, 2.45) is 0 Å². The molecule has 0 heterocycles. The molecular weight excluding hydrogens is 1190 g/mol. The molecule has 0 aliphatic carbocycles. The summed E-state index contributed by atoms with van der Waals surface area (Å²) in [4.78, 5) is 64.5. The topological polar surface area (TPSA) is 322 Å². The smallest absolute Gasteiger partial charge is 0.870 e. The molecule has 0 saturated carbocycles. The summed E-state index contributed by atoms with van der Waals surface area (Å²) in [5.41, 5.74) is 3.70. The van der Waals surface area contributed by atoms with E-state index in [1.165, 1.54) is 212 Å². The molecule has 0 fully saturated rings. The Labute approximate surface area is 576 Å². The molecule has 0 unspecified atom stereocenters. The number of carboxylic acids is 6. The van der Waals surface area contributed by atoms with Crippen LogP contribution in [0.2, 0.25) is 0 Å². The van der Waals surface area contributed by atoms with E-state index < -0.39 is 35.8 Å². The molecule has 0 bridgehead atoms. The molecule has 15 nitrogen and oxygen atoms in total. The van der Waals surface area contributed by atoms with E-state index in [1.54, 1.807) is 36.4 Å². The first-order chi connectivity index (χ1) is 42.3. The fraction of sp³-hybridized carbons (Fsp3) is 0.680. The van der Waals surface area contributed by atoms with E-state index in [2.05, 4.69) is 0 Å².